The molecule has 0 atom stereocenters. The molecule has 2 rings (SSSR count). The maximum Gasteiger partial charge on any atom is 0.435 e. The zero-order valence-electron chi connectivity index (χ0n) is 9.52. The summed E-state index contributed by atoms with van der Waals surface area (Å²) in [5, 5.41) is 9.17. The van der Waals surface area contributed by atoms with Gasteiger partial charge in [-0.05, 0) is 6.07 Å². The summed E-state index contributed by atoms with van der Waals surface area (Å²) in [6, 6.07) is 2.25. The average molecular weight is 274 g/mol. The van der Waals surface area contributed by atoms with Gasteiger partial charge in [-0.3, -0.25) is 9.48 Å². The number of rotatable bonds is 4. The second-order valence-electron chi connectivity index (χ2n) is 3.59. The molecule has 2 heterocycles. The Balaban J connectivity index is 1.83. The SMILES string of the molecule is O=C(NCCn1ccc(C(F)(F)F)n1)c1ccno1. The van der Waals surface area contributed by atoms with E-state index in [2.05, 4.69) is 20.1 Å². The second kappa shape index (κ2) is 5.12. The van der Waals surface area contributed by atoms with Crippen LogP contribution in [0.2, 0.25) is 0 Å². The summed E-state index contributed by atoms with van der Waals surface area (Å²) in [5.74, 6) is -0.447. The molecule has 6 nitrogen and oxygen atoms in total. The zero-order chi connectivity index (χ0) is 13.9. The molecule has 2 aromatic heterocycles. The maximum atomic E-state index is 12.3. The van der Waals surface area contributed by atoms with Gasteiger partial charge in [0.15, 0.2) is 5.69 Å². The number of hydrogen-bond acceptors (Lipinski definition) is 4. The van der Waals surface area contributed by atoms with Crippen molar-refractivity contribution in [3.63, 3.8) is 0 Å². The highest BCUT2D eigenvalue weighted by Gasteiger charge is 2.33. The van der Waals surface area contributed by atoms with Crippen LogP contribution in [-0.2, 0) is 12.7 Å². The molecule has 0 fully saturated rings. The lowest BCUT2D eigenvalue weighted by Gasteiger charge is -2.04. The van der Waals surface area contributed by atoms with Crippen LogP contribution < -0.4 is 5.32 Å². The number of nitrogens with zero attached hydrogens (tertiary/aromatic N) is 3. The van der Waals surface area contributed by atoms with Crippen LogP contribution >= 0.6 is 0 Å². The third-order valence-corrected chi connectivity index (χ3v) is 2.22. The molecular weight excluding hydrogens is 265 g/mol. The van der Waals surface area contributed by atoms with Crippen molar-refractivity contribution < 1.29 is 22.5 Å². The lowest BCUT2D eigenvalue weighted by atomic mass is 10.4. The molecule has 0 bridgehead atoms. The van der Waals surface area contributed by atoms with Gasteiger partial charge in [-0.25, -0.2) is 0 Å². The predicted molar refractivity (Wildman–Crippen MR) is 56.1 cm³/mol. The lowest BCUT2D eigenvalue weighted by Crippen LogP contribution is -2.27. The highest BCUT2D eigenvalue weighted by molar-refractivity contribution is 5.91. The summed E-state index contributed by atoms with van der Waals surface area (Å²) < 4.78 is 42.5. The number of carbonyl (C=O) groups is 1. The van der Waals surface area contributed by atoms with Crippen molar-refractivity contribution in [1.29, 1.82) is 0 Å². The third kappa shape index (κ3) is 3.33. The van der Waals surface area contributed by atoms with Gasteiger partial charge in [0.1, 0.15) is 0 Å². The molecule has 0 spiro atoms. The van der Waals surface area contributed by atoms with Crippen molar-refractivity contribution in [2.75, 3.05) is 6.54 Å². The first-order valence-electron chi connectivity index (χ1n) is 5.26. The van der Waals surface area contributed by atoms with E-state index in [1.54, 1.807) is 0 Å². The van der Waals surface area contributed by atoms with Gasteiger partial charge in [0.2, 0.25) is 5.76 Å². The fourth-order valence-corrected chi connectivity index (χ4v) is 1.34. The van der Waals surface area contributed by atoms with E-state index in [0.29, 0.717) is 0 Å². The van der Waals surface area contributed by atoms with E-state index >= 15 is 0 Å². The molecule has 0 saturated heterocycles. The van der Waals surface area contributed by atoms with Crippen molar-refractivity contribution in [1.82, 2.24) is 20.3 Å². The molecule has 0 aromatic carbocycles. The van der Waals surface area contributed by atoms with Gasteiger partial charge in [0, 0.05) is 18.8 Å². The van der Waals surface area contributed by atoms with Crippen molar-refractivity contribution in [3.8, 4) is 0 Å². The predicted octanol–water partition coefficient (Wildman–Crippen LogP) is 1.32. The Bertz CT molecular complexity index is 547. The van der Waals surface area contributed by atoms with Crippen molar-refractivity contribution in [2.24, 2.45) is 0 Å². The maximum absolute atomic E-state index is 12.3. The molecule has 0 aliphatic heterocycles. The van der Waals surface area contributed by atoms with Gasteiger partial charge in [0.05, 0.1) is 12.7 Å². The highest BCUT2D eigenvalue weighted by atomic mass is 19.4. The first kappa shape index (κ1) is 13.1. The van der Waals surface area contributed by atoms with Crippen LogP contribution in [0.4, 0.5) is 13.2 Å². The molecule has 2 aromatic rings. The molecule has 9 heteroatoms. The first-order valence-corrected chi connectivity index (χ1v) is 5.26. The standard InChI is InChI=1S/C10H9F3N4O2/c11-10(12,13)8-2-5-17(16-8)6-4-14-9(18)7-1-3-15-19-7/h1-3,5H,4,6H2,(H,14,18). The summed E-state index contributed by atoms with van der Waals surface area (Å²) in [4.78, 5) is 11.4. The van der Waals surface area contributed by atoms with Crippen molar-refractivity contribution in [2.45, 2.75) is 12.7 Å². The van der Waals surface area contributed by atoms with E-state index in [-0.39, 0.29) is 18.8 Å². The first-order chi connectivity index (χ1) is 8.97. The van der Waals surface area contributed by atoms with Gasteiger partial charge in [-0.1, -0.05) is 5.16 Å². The van der Waals surface area contributed by atoms with E-state index in [1.165, 1.54) is 18.5 Å². The number of halogens is 3. The number of carbonyl (C=O) groups excluding carboxylic acids is 1. The van der Waals surface area contributed by atoms with Crippen LogP contribution in [0.25, 0.3) is 0 Å². The number of aromatic nitrogens is 3. The Morgan fingerprint density at radius 3 is 2.79 bits per heavy atom. The molecule has 1 amide bonds. The summed E-state index contributed by atoms with van der Waals surface area (Å²) in [6.45, 7) is 0.245. The van der Waals surface area contributed by atoms with Crippen LogP contribution in [0.5, 0.6) is 0 Å². The summed E-state index contributed by atoms with van der Waals surface area (Å²) in [6.07, 6.45) is -1.95. The van der Waals surface area contributed by atoms with E-state index in [9.17, 15) is 18.0 Å². The minimum atomic E-state index is -4.46. The van der Waals surface area contributed by atoms with Crippen LogP contribution in [0.3, 0.4) is 0 Å². The van der Waals surface area contributed by atoms with E-state index in [1.807, 2.05) is 0 Å². The van der Waals surface area contributed by atoms with Crippen molar-refractivity contribution >= 4 is 5.91 Å². The number of hydrogen-bond donors (Lipinski definition) is 1. The number of alkyl halides is 3. The van der Waals surface area contributed by atoms with Gasteiger partial charge >= 0.3 is 6.18 Å². The Kier molecular flexibility index (Phi) is 3.54. The van der Waals surface area contributed by atoms with Gasteiger partial charge in [-0.15, -0.1) is 0 Å². The summed E-state index contributed by atoms with van der Waals surface area (Å²) in [5.41, 5.74) is -0.964. The molecule has 0 radical (unpaired) electrons. The third-order valence-electron chi connectivity index (χ3n) is 2.22. The van der Waals surface area contributed by atoms with Crippen LogP contribution in [0, 0.1) is 0 Å². The van der Waals surface area contributed by atoms with Crippen LogP contribution in [0.1, 0.15) is 16.2 Å². The van der Waals surface area contributed by atoms with Crippen LogP contribution in [-0.4, -0.2) is 27.4 Å². The molecule has 0 aliphatic rings. The van der Waals surface area contributed by atoms with Crippen molar-refractivity contribution in [3.05, 3.63) is 36.0 Å². The van der Waals surface area contributed by atoms with E-state index in [0.717, 1.165) is 10.7 Å². The monoisotopic (exact) mass is 274 g/mol. The molecule has 1 N–H and O–H groups in total. The van der Waals surface area contributed by atoms with E-state index < -0.39 is 17.8 Å². The molecule has 0 saturated carbocycles. The van der Waals surface area contributed by atoms with Gasteiger partial charge in [-0.2, -0.15) is 18.3 Å². The Labute approximate surface area is 105 Å². The van der Waals surface area contributed by atoms with E-state index in [4.69, 9.17) is 0 Å². The number of nitrogens with one attached hydrogen (secondary N) is 1. The summed E-state index contributed by atoms with van der Waals surface area (Å²) >= 11 is 0. The minimum Gasteiger partial charge on any atom is -0.351 e. The molecule has 0 aliphatic carbocycles. The topological polar surface area (TPSA) is 73.0 Å². The smallest absolute Gasteiger partial charge is 0.351 e. The normalized spacial score (nSPS) is 11.5. The second-order valence-corrected chi connectivity index (χ2v) is 3.59. The minimum absolute atomic E-state index is 0.0384. The quantitative estimate of drug-likeness (QED) is 0.912. The fourth-order valence-electron chi connectivity index (χ4n) is 1.34. The molecule has 19 heavy (non-hydrogen) atoms. The average Bonchev–Trinajstić information content (AvgIpc) is 2.99. The number of amides is 1. The Morgan fingerprint density at radius 1 is 1.42 bits per heavy atom. The molecular formula is C10H9F3N4O2. The largest absolute Gasteiger partial charge is 0.435 e. The fraction of sp³-hybridized carbons (Fsp3) is 0.300. The van der Waals surface area contributed by atoms with Gasteiger partial charge < -0.3 is 9.84 Å². The summed E-state index contributed by atoms with van der Waals surface area (Å²) in [7, 11) is 0. The highest BCUT2D eigenvalue weighted by Crippen LogP contribution is 2.27. The Hall–Kier alpha value is -2.32. The zero-order valence-corrected chi connectivity index (χ0v) is 9.52. The molecule has 102 valence electrons. The van der Waals surface area contributed by atoms with Crippen LogP contribution in [0.15, 0.2) is 29.0 Å². The Morgan fingerprint density at radius 2 is 2.21 bits per heavy atom. The lowest BCUT2D eigenvalue weighted by molar-refractivity contribution is -0.141. The van der Waals surface area contributed by atoms with Gasteiger partial charge in [0.25, 0.3) is 5.91 Å². The molecule has 0 unspecified atom stereocenters.